The van der Waals surface area contributed by atoms with Crippen molar-refractivity contribution in [3.63, 3.8) is 0 Å². The topological polar surface area (TPSA) is 156 Å². The SMILES string of the molecule is CCOc1cccc(-c2nc3ncc(NS(=O)(=O)Cc4ncccn4)nc3n2-c2c(OC)cccc2OC)n1. The number of nitrogens with one attached hydrogen (secondary N) is 1. The molecule has 0 unspecified atom stereocenters. The van der Waals surface area contributed by atoms with E-state index in [0.29, 0.717) is 41.2 Å². The van der Waals surface area contributed by atoms with Crippen molar-refractivity contribution in [2.75, 3.05) is 25.5 Å². The molecule has 0 amide bonds. The summed E-state index contributed by atoms with van der Waals surface area (Å²) in [6.07, 6.45) is 4.23. The molecule has 0 saturated carbocycles. The van der Waals surface area contributed by atoms with E-state index in [2.05, 4.69) is 34.6 Å². The molecule has 0 radical (unpaired) electrons. The minimum absolute atomic E-state index is 0.0176. The van der Waals surface area contributed by atoms with Crippen LogP contribution in [0.5, 0.6) is 17.4 Å². The summed E-state index contributed by atoms with van der Waals surface area (Å²) < 4.78 is 46.7. The van der Waals surface area contributed by atoms with Crippen molar-refractivity contribution in [3.05, 3.63) is 66.9 Å². The zero-order valence-corrected chi connectivity index (χ0v) is 22.1. The van der Waals surface area contributed by atoms with Crippen molar-refractivity contribution in [2.45, 2.75) is 12.7 Å². The zero-order valence-electron chi connectivity index (χ0n) is 21.3. The highest BCUT2D eigenvalue weighted by atomic mass is 32.2. The summed E-state index contributed by atoms with van der Waals surface area (Å²) in [4.78, 5) is 26.2. The lowest BCUT2D eigenvalue weighted by Gasteiger charge is -2.16. The number of anilines is 1. The third-order valence-corrected chi connectivity index (χ3v) is 6.60. The average molecular weight is 549 g/mol. The number of hydrogen-bond acceptors (Lipinski definition) is 11. The molecule has 5 aromatic rings. The number of rotatable bonds is 10. The van der Waals surface area contributed by atoms with Crippen LogP contribution in [0.25, 0.3) is 28.5 Å². The number of aromatic nitrogens is 7. The van der Waals surface area contributed by atoms with E-state index in [4.69, 9.17) is 14.2 Å². The molecule has 39 heavy (non-hydrogen) atoms. The van der Waals surface area contributed by atoms with E-state index in [1.54, 1.807) is 47.0 Å². The van der Waals surface area contributed by atoms with Crippen LogP contribution in [0.2, 0.25) is 0 Å². The van der Waals surface area contributed by atoms with Gasteiger partial charge < -0.3 is 14.2 Å². The smallest absolute Gasteiger partial charge is 0.241 e. The first-order chi connectivity index (χ1) is 18.9. The molecule has 0 spiro atoms. The second-order valence-corrected chi connectivity index (χ2v) is 9.73. The van der Waals surface area contributed by atoms with Crippen LogP contribution in [-0.2, 0) is 15.8 Å². The van der Waals surface area contributed by atoms with Crippen LogP contribution >= 0.6 is 0 Å². The van der Waals surface area contributed by atoms with Gasteiger partial charge in [0.15, 0.2) is 22.9 Å². The van der Waals surface area contributed by atoms with Gasteiger partial charge in [-0.05, 0) is 31.2 Å². The van der Waals surface area contributed by atoms with Crippen molar-refractivity contribution >= 4 is 27.1 Å². The van der Waals surface area contributed by atoms with Crippen LogP contribution in [0.1, 0.15) is 12.7 Å². The molecule has 5 rings (SSSR count). The Kier molecular flexibility index (Phi) is 7.19. The van der Waals surface area contributed by atoms with Crippen LogP contribution in [0.3, 0.4) is 0 Å². The van der Waals surface area contributed by atoms with Gasteiger partial charge in [-0.25, -0.2) is 38.3 Å². The molecule has 0 saturated heterocycles. The summed E-state index contributed by atoms with van der Waals surface area (Å²) in [6.45, 7) is 2.30. The summed E-state index contributed by atoms with van der Waals surface area (Å²) in [5.74, 6) is 1.40. The average Bonchev–Trinajstić information content (AvgIpc) is 3.31. The second kappa shape index (κ2) is 10.9. The Labute approximate surface area is 223 Å². The molecule has 14 heteroatoms. The maximum Gasteiger partial charge on any atom is 0.241 e. The van der Waals surface area contributed by atoms with Crippen molar-refractivity contribution in [2.24, 2.45) is 0 Å². The molecule has 4 aromatic heterocycles. The number of benzene rings is 1. The summed E-state index contributed by atoms with van der Waals surface area (Å²) in [6, 6.07) is 12.2. The number of sulfonamides is 1. The van der Waals surface area contributed by atoms with E-state index in [9.17, 15) is 8.42 Å². The number of ether oxygens (including phenoxy) is 3. The minimum Gasteiger partial charge on any atom is -0.494 e. The van der Waals surface area contributed by atoms with Gasteiger partial charge >= 0.3 is 0 Å². The largest absolute Gasteiger partial charge is 0.494 e. The van der Waals surface area contributed by atoms with Crippen molar-refractivity contribution < 1.29 is 22.6 Å². The highest BCUT2D eigenvalue weighted by Gasteiger charge is 2.24. The zero-order chi connectivity index (χ0) is 27.4. The molecule has 200 valence electrons. The van der Waals surface area contributed by atoms with Crippen molar-refractivity contribution in [1.29, 1.82) is 0 Å². The Bertz CT molecular complexity index is 1710. The Morgan fingerprint density at radius 2 is 1.62 bits per heavy atom. The number of methoxy groups -OCH3 is 2. The number of imidazole rings is 1. The lowest BCUT2D eigenvalue weighted by atomic mass is 10.2. The van der Waals surface area contributed by atoms with Crippen molar-refractivity contribution in [1.82, 2.24) is 34.5 Å². The lowest BCUT2D eigenvalue weighted by molar-refractivity contribution is 0.327. The fourth-order valence-corrected chi connectivity index (χ4v) is 4.85. The van der Waals surface area contributed by atoms with Gasteiger partial charge in [0.1, 0.15) is 34.5 Å². The van der Waals surface area contributed by atoms with Crippen LogP contribution < -0.4 is 18.9 Å². The Hall–Kier alpha value is -4.85. The van der Waals surface area contributed by atoms with Crippen LogP contribution in [-0.4, -0.2) is 63.7 Å². The quantitative estimate of drug-likeness (QED) is 0.274. The predicted octanol–water partition coefficient (Wildman–Crippen LogP) is 3.03. The van der Waals surface area contributed by atoms with E-state index < -0.39 is 15.8 Å². The van der Waals surface area contributed by atoms with Gasteiger partial charge in [-0.15, -0.1) is 0 Å². The highest BCUT2D eigenvalue weighted by Crippen LogP contribution is 2.38. The number of pyridine rings is 1. The van der Waals surface area contributed by atoms with Gasteiger partial charge in [0.2, 0.25) is 15.9 Å². The monoisotopic (exact) mass is 548 g/mol. The number of nitrogens with zero attached hydrogens (tertiary/aromatic N) is 7. The molecule has 0 aliphatic rings. The van der Waals surface area contributed by atoms with Crippen molar-refractivity contribution in [3.8, 4) is 34.6 Å². The fourth-order valence-electron chi connectivity index (χ4n) is 3.87. The molecule has 0 atom stereocenters. The summed E-state index contributed by atoms with van der Waals surface area (Å²) in [5.41, 5.74) is 1.44. The number of para-hydroxylation sites is 1. The normalized spacial score (nSPS) is 11.4. The van der Waals surface area contributed by atoms with Gasteiger partial charge in [-0.1, -0.05) is 12.1 Å². The Balaban J connectivity index is 1.69. The first-order valence-electron chi connectivity index (χ1n) is 11.8. The van der Waals surface area contributed by atoms with Crippen LogP contribution in [0.15, 0.2) is 61.1 Å². The third kappa shape index (κ3) is 5.40. The molecule has 0 fully saturated rings. The number of hydrogen-bond donors (Lipinski definition) is 1. The van der Waals surface area contributed by atoms with Gasteiger partial charge in [0.05, 0.1) is 27.0 Å². The minimum atomic E-state index is -3.90. The van der Waals surface area contributed by atoms with Gasteiger partial charge in [-0.3, -0.25) is 9.29 Å². The molecular weight excluding hydrogens is 524 g/mol. The molecular formula is C25H24N8O5S. The van der Waals surface area contributed by atoms with E-state index in [1.807, 2.05) is 6.92 Å². The Morgan fingerprint density at radius 3 is 2.31 bits per heavy atom. The third-order valence-electron chi connectivity index (χ3n) is 5.44. The van der Waals surface area contributed by atoms with Gasteiger partial charge in [0, 0.05) is 18.5 Å². The maximum atomic E-state index is 12.8. The first-order valence-corrected chi connectivity index (χ1v) is 13.4. The molecule has 0 aliphatic heterocycles. The molecule has 1 aromatic carbocycles. The van der Waals surface area contributed by atoms with Crippen LogP contribution in [0, 0.1) is 0 Å². The lowest BCUT2D eigenvalue weighted by Crippen LogP contribution is -2.17. The standard InChI is InChI=1S/C25H24N8O5S/c1-4-38-21-11-5-8-16(29-21)24-31-23-25(33(24)22-17(36-2)9-6-10-18(22)37-3)30-19(14-28-23)32-39(34,35)15-20-26-12-7-13-27-20/h5-14H,4,15H2,1-3H3,(H,30,32). The summed E-state index contributed by atoms with van der Waals surface area (Å²) >= 11 is 0. The summed E-state index contributed by atoms with van der Waals surface area (Å²) in [7, 11) is -0.843. The highest BCUT2D eigenvalue weighted by molar-refractivity contribution is 7.91. The van der Waals surface area contributed by atoms with E-state index in [1.165, 1.54) is 32.8 Å². The first kappa shape index (κ1) is 25.8. The van der Waals surface area contributed by atoms with E-state index in [-0.39, 0.29) is 22.9 Å². The van der Waals surface area contributed by atoms with Crippen LogP contribution in [0.4, 0.5) is 5.82 Å². The van der Waals surface area contributed by atoms with E-state index in [0.717, 1.165) is 0 Å². The molecule has 13 nitrogen and oxygen atoms in total. The second-order valence-electron chi connectivity index (χ2n) is 8.00. The fraction of sp³-hybridized carbons (Fsp3) is 0.200. The Morgan fingerprint density at radius 1 is 0.897 bits per heavy atom. The summed E-state index contributed by atoms with van der Waals surface area (Å²) in [5, 5.41) is 0. The predicted molar refractivity (Wildman–Crippen MR) is 142 cm³/mol. The molecule has 0 aliphatic carbocycles. The molecule has 1 N–H and O–H groups in total. The molecule has 4 heterocycles. The van der Waals surface area contributed by atoms with E-state index >= 15 is 0 Å². The van der Waals surface area contributed by atoms with Gasteiger partial charge in [-0.2, -0.15) is 0 Å². The molecule has 0 bridgehead atoms. The maximum absolute atomic E-state index is 12.8. The number of fused-ring (bicyclic) bond motifs is 1. The van der Waals surface area contributed by atoms with Gasteiger partial charge in [0.25, 0.3) is 0 Å².